The number of methoxy groups -OCH3 is 2. The van der Waals surface area contributed by atoms with E-state index in [0.29, 0.717) is 19.1 Å². The Morgan fingerprint density at radius 3 is 2.65 bits per heavy atom. The summed E-state index contributed by atoms with van der Waals surface area (Å²) < 4.78 is 9.78. The molecular formula is C9H16ClN5O2. The molecule has 1 aromatic rings. The van der Waals surface area contributed by atoms with Gasteiger partial charge in [0, 0.05) is 26.7 Å². The number of aromatic nitrogens is 3. The van der Waals surface area contributed by atoms with E-state index in [1.54, 1.807) is 7.11 Å². The van der Waals surface area contributed by atoms with Crippen molar-refractivity contribution in [1.82, 2.24) is 20.3 Å². The van der Waals surface area contributed by atoms with Crippen LogP contribution in [0.25, 0.3) is 0 Å². The van der Waals surface area contributed by atoms with E-state index >= 15 is 0 Å². The molecule has 0 aromatic carbocycles. The second-order valence-electron chi connectivity index (χ2n) is 3.08. The van der Waals surface area contributed by atoms with Gasteiger partial charge in [0.15, 0.2) is 0 Å². The summed E-state index contributed by atoms with van der Waals surface area (Å²) in [6.45, 7) is 2.94. The van der Waals surface area contributed by atoms with Gasteiger partial charge in [-0.25, -0.2) is 0 Å². The van der Waals surface area contributed by atoms with Crippen molar-refractivity contribution in [3.05, 3.63) is 5.28 Å². The lowest BCUT2D eigenvalue weighted by atomic mass is 10.5. The summed E-state index contributed by atoms with van der Waals surface area (Å²) in [6, 6.07) is 0.194. The molecule has 0 amide bonds. The molecule has 0 radical (unpaired) electrons. The van der Waals surface area contributed by atoms with Gasteiger partial charge in [0.1, 0.15) is 0 Å². The fourth-order valence-electron chi connectivity index (χ4n) is 1.06. The molecule has 17 heavy (non-hydrogen) atoms. The Morgan fingerprint density at radius 2 is 1.94 bits per heavy atom. The summed E-state index contributed by atoms with van der Waals surface area (Å²) in [5, 5.41) is 6.29. The number of nitrogens with one attached hydrogen (secondary N) is 2. The van der Waals surface area contributed by atoms with Crippen LogP contribution in [0.3, 0.4) is 0 Å². The maximum atomic E-state index is 5.70. The molecule has 96 valence electrons. The molecule has 0 aliphatic carbocycles. The molecule has 0 aliphatic heterocycles. The molecule has 0 atom stereocenters. The molecule has 0 bridgehead atoms. The quantitative estimate of drug-likeness (QED) is 0.646. The highest BCUT2D eigenvalue weighted by molar-refractivity contribution is 6.28. The van der Waals surface area contributed by atoms with Crippen molar-refractivity contribution in [3.8, 4) is 6.01 Å². The van der Waals surface area contributed by atoms with Gasteiger partial charge in [0.2, 0.25) is 11.2 Å². The molecular weight excluding hydrogens is 246 g/mol. The number of ether oxygens (including phenoxy) is 2. The highest BCUT2D eigenvalue weighted by atomic mass is 35.5. The molecule has 0 fully saturated rings. The van der Waals surface area contributed by atoms with Gasteiger partial charge in [-0.2, -0.15) is 15.0 Å². The summed E-state index contributed by atoms with van der Waals surface area (Å²) in [6.07, 6.45) is 0. The van der Waals surface area contributed by atoms with Gasteiger partial charge in [0.25, 0.3) is 0 Å². The predicted molar refractivity (Wildman–Crippen MR) is 64.6 cm³/mol. The van der Waals surface area contributed by atoms with Gasteiger partial charge in [-0.1, -0.05) is 0 Å². The van der Waals surface area contributed by atoms with Crippen molar-refractivity contribution >= 4 is 17.5 Å². The standard InChI is InChI=1S/C9H16ClN5O2/c1-16-6-5-11-3-4-12-8-13-7(10)14-9(15-8)17-2/h11H,3-6H2,1-2H3,(H,12,13,14,15). The average Bonchev–Trinajstić information content (AvgIpc) is 2.33. The summed E-state index contributed by atoms with van der Waals surface area (Å²) in [5.74, 6) is 0.399. The van der Waals surface area contributed by atoms with Crippen LogP contribution in [0, 0.1) is 0 Å². The third-order valence-electron chi connectivity index (χ3n) is 1.84. The lowest BCUT2D eigenvalue weighted by molar-refractivity contribution is 0.200. The Morgan fingerprint density at radius 1 is 1.12 bits per heavy atom. The van der Waals surface area contributed by atoms with Crippen molar-refractivity contribution in [3.63, 3.8) is 0 Å². The van der Waals surface area contributed by atoms with E-state index in [9.17, 15) is 0 Å². The molecule has 2 N–H and O–H groups in total. The first kappa shape index (κ1) is 13.9. The van der Waals surface area contributed by atoms with E-state index in [4.69, 9.17) is 21.1 Å². The van der Waals surface area contributed by atoms with Gasteiger partial charge in [0.05, 0.1) is 13.7 Å². The van der Waals surface area contributed by atoms with E-state index in [2.05, 4.69) is 25.6 Å². The van der Waals surface area contributed by atoms with Crippen LogP contribution >= 0.6 is 11.6 Å². The van der Waals surface area contributed by atoms with Gasteiger partial charge < -0.3 is 20.1 Å². The first-order valence-corrected chi connectivity index (χ1v) is 5.53. The monoisotopic (exact) mass is 261 g/mol. The second kappa shape index (κ2) is 7.99. The van der Waals surface area contributed by atoms with Gasteiger partial charge in [-0.05, 0) is 11.6 Å². The number of anilines is 1. The zero-order valence-electron chi connectivity index (χ0n) is 9.86. The second-order valence-corrected chi connectivity index (χ2v) is 3.42. The van der Waals surface area contributed by atoms with Crippen LogP contribution in [0.1, 0.15) is 0 Å². The minimum atomic E-state index is 0.103. The van der Waals surface area contributed by atoms with Gasteiger partial charge >= 0.3 is 6.01 Å². The van der Waals surface area contributed by atoms with E-state index in [0.717, 1.165) is 13.1 Å². The molecule has 0 saturated carbocycles. The zero-order valence-corrected chi connectivity index (χ0v) is 10.6. The minimum Gasteiger partial charge on any atom is -0.467 e. The van der Waals surface area contributed by atoms with Crippen LogP contribution < -0.4 is 15.4 Å². The van der Waals surface area contributed by atoms with E-state index < -0.39 is 0 Å². The maximum Gasteiger partial charge on any atom is 0.322 e. The van der Waals surface area contributed by atoms with Crippen LogP contribution in [-0.4, -0.2) is 55.4 Å². The minimum absolute atomic E-state index is 0.103. The number of nitrogens with zero attached hydrogens (tertiary/aromatic N) is 3. The fourth-order valence-corrected chi connectivity index (χ4v) is 1.22. The topological polar surface area (TPSA) is 81.2 Å². The lowest BCUT2D eigenvalue weighted by Crippen LogP contribution is -2.26. The van der Waals surface area contributed by atoms with Gasteiger partial charge in [-0.3, -0.25) is 0 Å². The number of halogens is 1. The molecule has 8 heteroatoms. The van der Waals surface area contributed by atoms with Gasteiger partial charge in [-0.15, -0.1) is 0 Å². The maximum absolute atomic E-state index is 5.70. The van der Waals surface area contributed by atoms with Crippen LogP contribution in [0.2, 0.25) is 5.28 Å². The molecule has 1 rings (SSSR count). The van der Waals surface area contributed by atoms with Crippen molar-refractivity contribution in [2.75, 3.05) is 45.8 Å². The zero-order chi connectivity index (χ0) is 12.5. The number of hydrogen-bond donors (Lipinski definition) is 2. The van der Waals surface area contributed by atoms with Crippen molar-refractivity contribution in [1.29, 1.82) is 0 Å². The van der Waals surface area contributed by atoms with Crippen LogP contribution in [-0.2, 0) is 4.74 Å². The highest BCUT2D eigenvalue weighted by Crippen LogP contribution is 2.09. The molecule has 0 aliphatic rings. The van der Waals surface area contributed by atoms with E-state index in [1.165, 1.54) is 7.11 Å². The molecule has 1 heterocycles. The lowest BCUT2D eigenvalue weighted by Gasteiger charge is -2.07. The third kappa shape index (κ3) is 5.62. The SMILES string of the molecule is COCCNCCNc1nc(Cl)nc(OC)n1. The summed E-state index contributed by atoms with van der Waals surface area (Å²) in [5.41, 5.74) is 0. The Kier molecular flexibility index (Phi) is 6.53. The Balaban J connectivity index is 2.28. The first-order chi connectivity index (χ1) is 8.26. The van der Waals surface area contributed by atoms with Crippen molar-refractivity contribution < 1.29 is 9.47 Å². The smallest absolute Gasteiger partial charge is 0.322 e. The Labute approximate surface area is 105 Å². The molecule has 0 saturated heterocycles. The van der Waals surface area contributed by atoms with E-state index in [-0.39, 0.29) is 11.3 Å². The number of rotatable bonds is 8. The first-order valence-electron chi connectivity index (χ1n) is 5.15. The van der Waals surface area contributed by atoms with E-state index in [1.807, 2.05) is 0 Å². The number of hydrogen-bond acceptors (Lipinski definition) is 7. The van der Waals surface area contributed by atoms with Crippen molar-refractivity contribution in [2.45, 2.75) is 0 Å². The average molecular weight is 262 g/mol. The Bertz CT molecular complexity index is 339. The largest absolute Gasteiger partial charge is 0.467 e. The van der Waals surface area contributed by atoms with Crippen LogP contribution in [0.15, 0.2) is 0 Å². The van der Waals surface area contributed by atoms with Crippen LogP contribution in [0.4, 0.5) is 5.95 Å². The molecule has 1 aromatic heterocycles. The summed E-state index contributed by atoms with van der Waals surface area (Å²) in [7, 11) is 3.14. The normalized spacial score (nSPS) is 10.3. The summed E-state index contributed by atoms with van der Waals surface area (Å²) >= 11 is 5.70. The predicted octanol–water partition coefficient (Wildman–Crippen LogP) is 0.181. The summed E-state index contributed by atoms with van der Waals surface area (Å²) in [4.78, 5) is 11.7. The third-order valence-corrected chi connectivity index (χ3v) is 2.01. The Hall–Kier alpha value is -1.18. The molecule has 0 unspecified atom stereocenters. The fraction of sp³-hybridized carbons (Fsp3) is 0.667. The van der Waals surface area contributed by atoms with Crippen LogP contribution in [0.5, 0.6) is 6.01 Å². The van der Waals surface area contributed by atoms with Crippen molar-refractivity contribution in [2.24, 2.45) is 0 Å². The molecule has 7 nitrogen and oxygen atoms in total. The molecule has 0 spiro atoms. The highest BCUT2D eigenvalue weighted by Gasteiger charge is 2.03.